The second-order valence-corrected chi connectivity index (χ2v) is 5.30. The van der Waals surface area contributed by atoms with Gasteiger partial charge in [-0.2, -0.15) is 25.7 Å². The molecule has 20 heavy (non-hydrogen) atoms. The van der Waals surface area contributed by atoms with Gasteiger partial charge >= 0.3 is 0 Å². The zero-order chi connectivity index (χ0) is 14.5. The molecule has 0 saturated carbocycles. The average molecular weight is 407 g/mol. The molecule has 2 aliphatic rings. The number of likely N-dealkylation sites (tertiary alicyclic amines) is 2. The van der Waals surface area contributed by atoms with Gasteiger partial charge in [0.1, 0.15) is 0 Å². The third-order valence-electron chi connectivity index (χ3n) is 3.72. The van der Waals surface area contributed by atoms with E-state index in [1.165, 1.54) is 58.4 Å². The fourth-order valence-electron chi connectivity index (χ4n) is 2.41. The number of hydrogen-bond acceptors (Lipinski definition) is 2. The molecule has 0 unspecified atom stereocenters. The molecule has 0 amide bonds. The van der Waals surface area contributed by atoms with Gasteiger partial charge in [0, 0.05) is 41.6 Å². The molecule has 2 rings (SSSR count). The van der Waals surface area contributed by atoms with E-state index < -0.39 is 0 Å². The van der Waals surface area contributed by atoms with Gasteiger partial charge in [-0.15, -0.1) is 0 Å². The quantitative estimate of drug-likeness (QED) is 0.638. The van der Waals surface area contributed by atoms with E-state index in [4.69, 9.17) is 0 Å². The van der Waals surface area contributed by atoms with Crippen LogP contribution in [0.4, 0.5) is 0 Å². The number of rotatable bonds is 2. The fourth-order valence-corrected chi connectivity index (χ4v) is 2.41. The molecule has 0 bridgehead atoms. The van der Waals surface area contributed by atoms with Crippen LogP contribution in [0, 0.1) is 48.4 Å². The van der Waals surface area contributed by atoms with E-state index in [0.717, 1.165) is 6.04 Å². The smallest absolute Gasteiger partial charge is 0.00364 e. The van der Waals surface area contributed by atoms with Crippen molar-refractivity contribution in [2.24, 2.45) is 0 Å². The summed E-state index contributed by atoms with van der Waals surface area (Å²) in [6.45, 7) is 17.1. The SMILES string of the molecule is CC.CC(C)N1CC[CH-]CC1.CCN1CC[CH-]CC1.[La]. The normalized spacial score (nSPS) is 20.1. The molecule has 0 aromatic carbocycles. The van der Waals surface area contributed by atoms with E-state index >= 15 is 0 Å². The molecule has 2 heterocycles. The molecule has 0 aromatic rings. The Morgan fingerprint density at radius 1 is 0.850 bits per heavy atom. The summed E-state index contributed by atoms with van der Waals surface area (Å²) in [6.07, 6.45) is 9.95. The maximum absolute atomic E-state index is 2.53. The molecule has 119 valence electrons. The van der Waals surface area contributed by atoms with Crippen molar-refractivity contribution in [2.45, 2.75) is 66.3 Å². The van der Waals surface area contributed by atoms with Gasteiger partial charge in [0.05, 0.1) is 0 Å². The summed E-state index contributed by atoms with van der Waals surface area (Å²) in [5.74, 6) is 0. The predicted molar refractivity (Wildman–Crippen MR) is 87.2 cm³/mol. The fraction of sp³-hybridized carbons (Fsp3) is 0.882. The Hall–Kier alpha value is 1.11. The van der Waals surface area contributed by atoms with Crippen LogP contribution in [-0.4, -0.2) is 48.6 Å². The second-order valence-electron chi connectivity index (χ2n) is 5.30. The van der Waals surface area contributed by atoms with Crippen LogP contribution in [0.15, 0.2) is 0 Å². The molecule has 1 radical (unpaired) electrons. The summed E-state index contributed by atoms with van der Waals surface area (Å²) in [5.41, 5.74) is 0. The molecule has 0 aliphatic carbocycles. The van der Waals surface area contributed by atoms with Crippen molar-refractivity contribution in [3.05, 3.63) is 12.8 Å². The van der Waals surface area contributed by atoms with E-state index in [2.05, 4.69) is 43.4 Å². The first kappa shape index (κ1) is 23.4. The van der Waals surface area contributed by atoms with E-state index in [1.54, 1.807) is 0 Å². The molecule has 0 spiro atoms. The van der Waals surface area contributed by atoms with Crippen molar-refractivity contribution < 1.29 is 35.6 Å². The van der Waals surface area contributed by atoms with Gasteiger partial charge in [0.15, 0.2) is 0 Å². The van der Waals surface area contributed by atoms with Crippen molar-refractivity contribution in [3.8, 4) is 0 Å². The van der Waals surface area contributed by atoms with Crippen LogP contribution in [0.1, 0.15) is 60.3 Å². The monoisotopic (exact) mass is 407 g/mol. The minimum absolute atomic E-state index is 0. The van der Waals surface area contributed by atoms with Crippen LogP contribution in [0.25, 0.3) is 0 Å². The minimum atomic E-state index is 0. The van der Waals surface area contributed by atoms with Crippen molar-refractivity contribution in [3.63, 3.8) is 0 Å². The summed E-state index contributed by atoms with van der Waals surface area (Å²) < 4.78 is 0. The summed E-state index contributed by atoms with van der Waals surface area (Å²) in [6, 6.07) is 0.749. The predicted octanol–water partition coefficient (Wildman–Crippen LogP) is 4.03. The maximum Gasteiger partial charge on any atom is 0.00364 e. The molecule has 2 nitrogen and oxygen atoms in total. The van der Waals surface area contributed by atoms with Crippen molar-refractivity contribution in [2.75, 3.05) is 32.7 Å². The Labute approximate surface area is 156 Å². The Bertz CT molecular complexity index is 174. The molecule has 2 fully saturated rings. The van der Waals surface area contributed by atoms with Crippen LogP contribution in [0.3, 0.4) is 0 Å². The summed E-state index contributed by atoms with van der Waals surface area (Å²) in [4.78, 5) is 5.01. The first-order valence-corrected chi connectivity index (χ1v) is 8.33. The van der Waals surface area contributed by atoms with E-state index in [0.29, 0.717) is 0 Å². The van der Waals surface area contributed by atoms with Gasteiger partial charge < -0.3 is 22.6 Å². The van der Waals surface area contributed by atoms with Crippen LogP contribution in [-0.2, 0) is 0 Å². The molecular weight excluding hydrogens is 371 g/mol. The zero-order valence-electron chi connectivity index (χ0n) is 14.6. The largest absolute Gasteiger partial charge is 0.326 e. The van der Waals surface area contributed by atoms with Crippen molar-refractivity contribution in [1.82, 2.24) is 9.80 Å². The van der Waals surface area contributed by atoms with Gasteiger partial charge in [0.25, 0.3) is 0 Å². The Morgan fingerprint density at radius 3 is 1.50 bits per heavy atom. The number of nitrogens with zero attached hydrogens (tertiary/aromatic N) is 2. The van der Waals surface area contributed by atoms with Gasteiger partial charge in [-0.3, -0.25) is 0 Å². The molecule has 0 atom stereocenters. The van der Waals surface area contributed by atoms with Gasteiger partial charge in [-0.1, -0.05) is 20.8 Å². The van der Waals surface area contributed by atoms with Gasteiger partial charge in [-0.25, -0.2) is 0 Å². The molecular formula is C17H36LaN2-2. The minimum Gasteiger partial charge on any atom is -0.326 e. The van der Waals surface area contributed by atoms with Crippen LogP contribution in [0.5, 0.6) is 0 Å². The summed E-state index contributed by atoms with van der Waals surface area (Å²) in [5, 5.41) is 0. The molecule has 3 heteroatoms. The van der Waals surface area contributed by atoms with Gasteiger partial charge in [-0.05, 0) is 46.6 Å². The Kier molecular flexibility index (Phi) is 19.3. The van der Waals surface area contributed by atoms with E-state index in [-0.39, 0.29) is 35.6 Å². The maximum atomic E-state index is 2.53. The first-order chi connectivity index (χ1) is 9.24. The Morgan fingerprint density at radius 2 is 1.25 bits per heavy atom. The Balaban J connectivity index is 0. The average Bonchev–Trinajstić information content (AvgIpc) is 2.51. The third kappa shape index (κ3) is 11.7. The topological polar surface area (TPSA) is 6.48 Å². The summed E-state index contributed by atoms with van der Waals surface area (Å²) in [7, 11) is 0. The van der Waals surface area contributed by atoms with Gasteiger partial charge in [0.2, 0.25) is 0 Å². The van der Waals surface area contributed by atoms with E-state index in [1.807, 2.05) is 13.8 Å². The zero-order valence-corrected chi connectivity index (χ0v) is 18.2. The number of hydrogen-bond donors (Lipinski definition) is 0. The van der Waals surface area contributed by atoms with Crippen molar-refractivity contribution in [1.29, 1.82) is 0 Å². The standard InChI is InChI=1S/C8H16N.C7H14N.C2H6.La/c1-8(2)9-6-4-3-5-7-9;1-2-8-6-4-3-5-7-8;1-2;/h3,8H,4-7H2,1-2H3;3H,2,4-7H2,1H3;1-2H3;/q2*-1;;. The van der Waals surface area contributed by atoms with E-state index in [9.17, 15) is 0 Å². The number of piperidine rings is 2. The molecule has 2 aliphatic heterocycles. The molecule has 0 N–H and O–H groups in total. The van der Waals surface area contributed by atoms with Crippen LogP contribution >= 0.6 is 0 Å². The van der Waals surface area contributed by atoms with Crippen LogP contribution in [0.2, 0.25) is 0 Å². The molecule has 2 saturated heterocycles. The van der Waals surface area contributed by atoms with Crippen LogP contribution < -0.4 is 0 Å². The third-order valence-corrected chi connectivity index (χ3v) is 3.72. The second kappa shape index (κ2) is 16.5. The summed E-state index contributed by atoms with van der Waals surface area (Å²) >= 11 is 0. The first-order valence-electron chi connectivity index (χ1n) is 8.33. The van der Waals surface area contributed by atoms with Crippen molar-refractivity contribution >= 4 is 0 Å². The molecule has 0 aromatic heterocycles.